The fourth-order valence-corrected chi connectivity index (χ4v) is 4.48. The Bertz CT molecular complexity index is 796. The van der Waals surface area contributed by atoms with Crippen molar-refractivity contribution >= 4 is 27.6 Å². The zero-order valence-corrected chi connectivity index (χ0v) is 14.5. The molecule has 0 aliphatic carbocycles. The second-order valence-electron chi connectivity index (χ2n) is 6.01. The summed E-state index contributed by atoms with van der Waals surface area (Å²) < 4.78 is 30.1. The molecule has 0 radical (unpaired) electrons. The number of hydrogen-bond donors (Lipinski definition) is 0. The normalized spacial score (nSPS) is 18.4. The number of sulfone groups is 1. The number of rotatable bonds is 5. The fourth-order valence-electron chi connectivity index (χ4n) is 2.83. The number of amides is 3. The van der Waals surface area contributed by atoms with Crippen LogP contribution in [-0.4, -0.2) is 67.9 Å². The SMILES string of the molecule is COc1ccc(S(=O)(=O)C2CN(C(=O)CN3C(=O)CCC3=O)C2)cc1. The summed E-state index contributed by atoms with van der Waals surface area (Å²) in [6, 6.07) is 6.08. The Kier molecular flexibility index (Phi) is 4.51. The first kappa shape index (κ1) is 17.4. The summed E-state index contributed by atoms with van der Waals surface area (Å²) in [6.07, 6.45) is 0.251. The number of benzene rings is 1. The third-order valence-corrected chi connectivity index (χ3v) is 6.58. The molecule has 0 spiro atoms. The van der Waals surface area contributed by atoms with Crippen molar-refractivity contribution in [3.8, 4) is 5.75 Å². The zero-order valence-electron chi connectivity index (χ0n) is 13.7. The largest absolute Gasteiger partial charge is 0.497 e. The van der Waals surface area contributed by atoms with Crippen LogP contribution in [0.15, 0.2) is 29.2 Å². The molecule has 3 rings (SSSR count). The van der Waals surface area contributed by atoms with Crippen molar-refractivity contribution in [1.82, 2.24) is 9.80 Å². The van der Waals surface area contributed by atoms with Gasteiger partial charge in [0, 0.05) is 25.9 Å². The molecule has 2 heterocycles. The van der Waals surface area contributed by atoms with E-state index in [2.05, 4.69) is 0 Å². The fraction of sp³-hybridized carbons (Fsp3) is 0.438. The Labute approximate surface area is 145 Å². The lowest BCUT2D eigenvalue weighted by molar-refractivity contribution is -0.146. The number of carbonyl (C=O) groups excluding carboxylic acids is 3. The van der Waals surface area contributed by atoms with E-state index in [9.17, 15) is 22.8 Å². The summed E-state index contributed by atoms with van der Waals surface area (Å²) in [5.74, 6) is -0.573. The Morgan fingerprint density at radius 2 is 1.68 bits per heavy atom. The maximum Gasteiger partial charge on any atom is 0.242 e. The van der Waals surface area contributed by atoms with Crippen LogP contribution in [0.1, 0.15) is 12.8 Å². The number of imide groups is 1. The summed E-state index contributed by atoms with van der Waals surface area (Å²) in [6.45, 7) is -0.195. The molecule has 2 aliphatic rings. The van der Waals surface area contributed by atoms with Gasteiger partial charge in [0.15, 0.2) is 9.84 Å². The lowest BCUT2D eigenvalue weighted by Crippen LogP contribution is -2.59. The second-order valence-corrected chi connectivity index (χ2v) is 8.24. The maximum absolute atomic E-state index is 12.5. The van der Waals surface area contributed by atoms with Gasteiger partial charge in [-0.3, -0.25) is 19.3 Å². The minimum absolute atomic E-state index is 0.0589. The number of likely N-dealkylation sites (tertiary alicyclic amines) is 2. The zero-order chi connectivity index (χ0) is 18.2. The highest BCUT2D eigenvalue weighted by atomic mass is 32.2. The van der Waals surface area contributed by atoms with Gasteiger partial charge >= 0.3 is 0 Å². The minimum Gasteiger partial charge on any atom is -0.497 e. The number of methoxy groups -OCH3 is 1. The molecule has 134 valence electrons. The molecule has 0 unspecified atom stereocenters. The maximum atomic E-state index is 12.5. The highest BCUT2D eigenvalue weighted by Gasteiger charge is 2.42. The molecule has 2 saturated heterocycles. The third kappa shape index (κ3) is 3.23. The van der Waals surface area contributed by atoms with Gasteiger partial charge in [0.25, 0.3) is 0 Å². The topological polar surface area (TPSA) is 101 Å². The van der Waals surface area contributed by atoms with Crippen LogP contribution in [0.2, 0.25) is 0 Å². The van der Waals surface area contributed by atoms with Crippen molar-refractivity contribution < 1.29 is 27.5 Å². The Hall–Kier alpha value is -2.42. The summed E-state index contributed by atoms with van der Waals surface area (Å²) in [5.41, 5.74) is 0. The lowest BCUT2D eigenvalue weighted by Gasteiger charge is -2.39. The lowest BCUT2D eigenvalue weighted by atomic mass is 10.2. The highest BCUT2D eigenvalue weighted by molar-refractivity contribution is 7.92. The first-order valence-electron chi connectivity index (χ1n) is 7.82. The molecule has 0 atom stereocenters. The predicted octanol–water partition coefficient (Wildman–Crippen LogP) is -0.171. The molecule has 0 bridgehead atoms. The van der Waals surface area contributed by atoms with E-state index in [1.165, 1.54) is 24.1 Å². The average Bonchev–Trinajstić information content (AvgIpc) is 2.85. The van der Waals surface area contributed by atoms with E-state index in [0.717, 1.165) is 4.90 Å². The summed E-state index contributed by atoms with van der Waals surface area (Å²) >= 11 is 0. The molecule has 9 heteroatoms. The van der Waals surface area contributed by atoms with Gasteiger partial charge in [-0.1, -0.05) is 0 Å². The molecule has 0 N–H and O–H groups in total. The molecule has 2 fully saturated rings. The Morgan fingerprint density at radius 3 is 2.20 bits per heavy atom. The molecule has 8 nitrogen and oxygen atoms in total. The average molecular weight is 366 g/mol. The minimum atomic E-state index is -3.54. The van der Waals surface area contributed by atoms with E-state index >= 15 is 0 Å². The van der Waals surface area contributed by atoms with Crippen LogP contribution < -0.4 is 4.74 Å². The van der Waals surface area contributed by atoms with E-state index in [1.54, 1.807) is 12.1 Å². The van der Waals surface area contributed by atoms with Crippen LogP contribution in [0, 0.1) is 0 Å². The molecule has 0 aromatic heterocycles. The molecule has 25 heavy (non-hydrogen) atoms. The van der Waals surface area contributed by atoms with E-state index in [0.29, 0.717) is 5.75 Å². The van der Waals surface area contributed by atoms with Crippen molar-refractivity contribution in [3.63, 3.8) is 0 Å². The van der Waals surface area contributed by atoms with Crippen LogP contribution in [0.3, 0.4) is 0 Å². The van der Waals surface area contributed by atoms with E-state index < -0.39 is 21.0 Å². The van der Waals surface area contributed by atoms with Crippen LogP contribution in [0.25, 0.3) is 0 Å². The van der Waals surface area contributed by atoms with Crippen molar-refractivity contribution in [1.29, 1.82) is 0 Å². The molecular formula is C16H18N2O6S. The van der Waals surface area contributed by atoms with Crippen molar-refractivity contribution in [2.45, 2.75) is 23.0 Å². The van der Waals surface area contributed by atoms with Crippen LogP contribution in [-0.2, 0) is 24.2 Å². The van der Waals surface area contributed by atoms with Crippen molar-refractivity contribution in [3.05, 3.63) is 24.3 Å². The first-order chi connectivity index (χ1) is 11.8. The van der Waals surface area contributed by atoms with Gasteiger partial charge < -0.3 is 9.64 Å². The van der Waals surface area contributed by atoms with Gasteiger partial charge in [0.1, 0.15) is 17.5 Å². The molecular weight excluding hydrogens is 348 g/mol. The Morgan fingerprint density at radius 1 is 1.12 bits per heavy atom. The second kappa shape index (κ2) is 6.47. The highest BCUT2D eigenvalue weighted by Crippen LogP contribution is 2.25. The van der Waals surface area contributed by atoms with Crippen molar-refractivity contribution in [2.75, 3.05) is 26.7 Å². The monoisotopic (exact) mass is 366 g/mol. The predicted molar refractivity (Wildman–Crippen MR) is 86.5 cm³/mol. The number of hydrogen-bond acceptors (Lipinski definition) is 6. The smallest absolute Gasteiger partial charge is 0.242 e. The number of nitrogens with zero attached hydrogens (tertiary/aromatic N) is 2. The van der Waals surface area contributed by atoms with Gasteiger partial charge in [-0.2, -0.15) is 0 Å². The first-order valence-corrected chi connectivity index (χ1v) is 9.36. The van der Waals surface area contributed by atoms with Gasteiger partial charge in [-0.25, -0.2) is 8.42 Å². The molecule has 1 aromatic carbocycles. The van der Waals surface area contributed by atoms with E-state index in [4.69, 9.17) is 4.74 Å². The summed E-state index contributed by atoms with van der Waals surface area (Å²) in [5, 5.41) is -0.685. The molecule has 1 aromatic rings. The molecule has 0 saturated carbocycles. The van der Waals surface area contributed by atoms with Gasteiger partial charge in [-0.15, -0.1) is 0 Å². The van der Waals surface area contributed by atoms with E-state index in [-0.39, 0.29) is 49.2 Å². The van der Waals surface area contributed by atoms with Gasteiger partial charge in [-0.05, 0) is 24.3 Å². The number of carbonyl (C=O) groups is 3. The van der Waals surface area contributed by atoms with Gasteiger partial charge in [0.05, 0.1) is 12.0 Å². The Balaban J connectivity index is 1.60. The third-order valence-electron chi connectivity index (χ3n) is 4.48. The molecule has 2 aliphatic heterocycles. The van der Waals surface area contributed by atoms with Crippen LogP contribution >= 0.6 is 0 Å². The number of ether oxygens (including phenoxy) is 1. The standard InChI is InChI=1S/C16H18N2O6S/c1-24-11-2-4-12(5-3-11)25(22,23)13-8-17(9-13)16(21)10-18-14(19)6-7-15(18)20/h2-5,13H,6-10H2,1H3. The quantitative estimate of drug-likeness (QED) is 0.671. The van der Waals surface area contributed by atoms with E-state index in [1.807, 2.05) is 0 Å². The van der Waals surface area contributed by atoms with Gasteiger partial charge in [0.2, 0.25) is 17.7 Å². The van der Waals surface area contributed by atoms with Crippen molar-refractivity contribution in [2.24, 2.45) is 0 Å². The summed E-state index contributed by atoms with van der Waals surface area (Å²) in [4.78, 5) is 37.7. The molecule has 3 amide bonds. The summed E-state index contributed by atoms with van der Waals surface area (Å²) in [7, 11) is -2.04. The van der Waals surface area contributed by atoms with Crippen LogP contribution in [0.4, 0.5) is 0 Å². The van der Waals surface area contributed by atoms with Crippen LogP contribution in [0.5, 0.6) is 5.75 Å².